The largest absolute Gasteiger partial charge is 0.326 e. The van der Waals surface area contributed by atoms with Crippen molar-refractivity contribution >= 4 is 39.9 Å². The highest BCUT2D eigenvalue weighted by Gasteiger charge is 2.18. The molecule has 2 rings (SSSR count). The molecule has 0 saturated carbocycles. The molecule has 5 heteroatoms. The minimum Gasteiger partial charge on any atom is -0.326 e. The molecule has 90 valence electrons. The molecule has 0 aromatic heterocycles. The molecule has 1 aromatic carbocycles. The fourth-order valence-corrected chi connectivity index (χ4v) is 2.35. The highest BCUT2D eigenvalue weighted by Crippen LogP contribution is 2.24. The molecule has 0 spiro atoms. The van der Waals surface area contributed by atoms with Crippen LogP contribution < -0.4 is 5.73 Å². The lowest BCUT2D eigenvalue weighted by molar-refractivity contribution is 0.327. The molecule has 0 amide bonds. The van der Waals surface area contributed by atoms with Crippen molar-refractivity contribution < 1.29 is 0 Å². The van der Waals surface area contributed by atoms with Gasteiger partial charge in [0.05, 0.1) is 5.02 Å². The summed E-state index contributed by atoms with van der Waals surface area (Å²) in [5, 5.41) is 0.774. The standard InChI is InChI=1S/C11H14BrClN2.ClH/c12-10-2-1-8(5-11(10)13)6-15-4-3-9(14)7-15;/h1-2,5,9H,3-4,6-7,14H2;1H/t9-;/m1./s1. The lowest BCUT2D eigenvalue weighted by Gasteiger charge is -2.15. The molecule has 1 saturated heterocycles. The molecule has 1 aromatic rings. The van der Waals surface area contributed by atoms with E-state index in [1.165, 1.54) is 5.56 Å². The minimum absolute atomic E-state index is 0. The molecule has 0 radical (unpaired) electrons. The summed E-state index contributed by atoms with van der Waals surface area (Å²) in [7, 11) is 0. The van der Waals surface area contributed by atoms with Crippen LogP contribution in [0.4, 0.5) is 0 Å². The van der Waals surface area contributed by atoms with Crippen LogP contribution in [0, 0.1) is 0 Å². The Kier molecular flexibility index (Phi) is 5.54. The number of rotatable bonds is 2. The van der Waals surface area contributed by atoms with Crippen LogP contribution in [0.1, 0.15) is 12.0 Å². The van der Waals surface area contributed by atoms with Gasteiger partial charge in [-0.3, -0.25) is 4.90 Å². The molecule has 1 aliphatic heterocycles. The molecule has 0 aliphatic carbocycles. The van der Waals surface area contributed by atoms with Gasteiger partial charge in [0.25, 0.3) is 0 Å². The Labute approximate surface area is 116 Å². The molecule has 0 unspecified atom stereocenters. The molecule has 1 fully saturated rings. The Bertz CT molecular complexity index is 360. The van der Waals surface area contributed by atoms with E-state index in [9.17, 15) is 0 Å². The maximum atomic E-state index is 6.04. The van der Waals surface area contributed by atoms with E-state index in [-0.39, 0.29) is 12.4 Å². The van der Waals surface area contributed by atoms with E-state index in [4.69, 9.17) is 17.3 Å². The highest BCUT2D eigenvalue weighted by atomic mass is 79.9. The van der Waals surface area contributed by atoms with Crippen LogP contribution in [0.25, 0.3) is 0 Å². The predicted molar refractivity (Wildman–Crippen MR) is 74.3 cm³/mol. The molecule has 2 nitrogen and oxygen atoms in total. The van der Waals surface area contributed by atoms with Crippen LogP contribution in [0.3, 0.4) is 0 Å². The lowest BCUT2D eigenvalue weighted by atomic mass is 10.2. The second kappa shape index (κ2) is 6.22. The highest BCUT2D eigenvalue weighted by molar-refractivity contribution is 9.10. The first-order valence-corrected chi connectivity index (χ1v) is 6.24. The van der Waals surface area contributed by atoms with Gasteiger partial charge in [-0.05, 0) is 40.0 Å². The molecule has 1 aliphatic rings. The summed E-state index contributed by atoms with van der Waals surface area (Å²) >= 11 is 9.42. The third-order valence-electron chi connectivity index (χ3n) is 2.70. The van der Waals surface area contributed by atoms with Gasteiger partial charge in [0.15, 0.2) is 0 Å². The van der Waals surface area contributed by atoms with Gasteiger partial charge in [-0.25, -0.2) is 0 Å². The monoisotopic (exact) mass is 324 g/mol. The molecule has 0 bridgehead atoms. The van der Waals surface area contributed by atoms with Crippen LogP contribution in [-0.2, 0) is 6.54 Å². The van der Waals surface area contributed by atoms with Crippen molar-refractivity contribution in [2.24, 2.45) is 5.73 Å². The first-order chi connectivity index (χ1) is 7.15. The van der Waals surface area contributed by atoms with Crippen molar-refractivity contribution in [2.45, 2.75) is 19.0 Å². The van der Waals surface area contributed by atoms with Gasteiger partial charge >= 0.3 is 0 Å². The first-order valence-electron chi connectivity index (χ1n) is 5.07. The van der Waals surface area contributed by atoms with E-state index in [2.05, 4.69) is 26.9 Å². The Hall–Kier alpha value is 0.200. The lowest BCUT2D eigenvalue weighted by Crippen LogP contribution is -2.26. The maximum absolute atomic E-state index is 6.04. The summed E-state index contributed by atoms with van der Waals surface area (Å²) < 4.78 is 0.950. The van der Waals surface area contributed by atoms with Gasteiger partial charge in [-0.1, -0.05) is 17.7 Å². The van der Waals surface area contributed by atoms with Gasteiger partial charge in [-0.2, -0.15) is 0 Å². The average Bonchev–Trinajstić information content (AvgIpc) is 2.58. The fraction of sp³-hybridized carbons (Fsp3) is 0.455. The van der Waals surface area contributed by atoms with Crippen LogP contribution in [0.15, 0.2) is 22.7 Å². The van der Waals surface area contributed by atoms with E-state index < -0.39 is 0 Å². The SMILES string of the molecule is Cl.N[C@@H]1CCN(Cc2ccc(Br)c(Cl)c2)C1. The van der Waals surface area contributed by atoms with Crippen LogP contribution in [0.5, 0.6) is 0 Å². The van der Waals surface area contributed by atoms with E-state index in [0.29, 0.717) is 6.04 Å². The second-order valence-corrected chi connectivity index (χ2v) is 5.29. The molecular weight excluding hydrogens is 311 g/mol. The van der Waals surface area contributed by atoms with E-state index in [0.717, 1.165) is 35.6 Å². The summed E-state index contributed by atoms with van der Waals surface area (Å²) in [5.74, 6) is 0. The first kappa shape index (κ1) is 14.3. The van der Waals surface area contributed by atoms with Gasteiger partial charge in [0, 0.05) is 30.1 Å². The van der Waals surface area contributed by atoms with Crippen molar-refractivity contribution in [1.29, 1.82) is 0 Å². The summed E-state index contributed by atoms with van der Waals surface area (Å²) in [6.45, 7) is 3.03. The Morgan fingerprint density at radius 1 is 1.50 bits per heavy atom. The Morgan fingerprint density at radius 3 is 2.81 bits per heavy atom. The Morgan fingerprint density at radius 2 is 2.25 bits per heavy atom. The summed E-state index contributed by atoms with van der Waals surface area (Å²) in [5.41, 5.74) is 7.11. The zero-order valence-electron chi connectivity index (χ0n) is 8.83. The number of hydrogen-bond acceptors (Lipinski definition) is 2. The molecule has 16 heavy (non-hydrogen) atoms. The minimum atomic E-state index is 0. The number of hydrogen-bond donors (Lipinski definition) is 1. The summed E-state index contributed by atoms with van der Waals surface area (Å²) in [6, 6.07) is 6.44. The summed E-state index contributed by atoms with van der Waals surface area (Å²) in [4.78, 5) is 2.37. The predicted octanol–water partition coefficient (Wildman–Crippen LogP) is 3.06. The van der Waals surface area contributed by atoms with Gasteiger partial charge in [-0.15, -0.1) is 12.4 Å². The van der Waals surface area contributed by atoms with E-state index in [1.54, 1.807) is 0 Å². The normalized spacial score (nSPS) is 20.8. The van der Waals surface area contributed by atoms with Crippen molar-refractivity contribution in [3.8, 4) is 0 Å². The molecule has 2 N–H and O–H groups in total. The van der Waals surface area contributed by atoms with Crippen LogP contribution in [0.2, 0.25) is 5.02 Å². The number of nitrogens with two attached hydrogens (primary N) is 1. The maximum Gasteiger partial charge on any atom is 0.0551 e. The zero-order chi connectivity index (χ0) is 10.8. The number of halogens is 3. The third-order valence-corrected chi connectivity index (χ3v) is 3.93. The van der Waals surface area contributed by atoms with Crippen molar-refractivity contribution in [3.05, 3.63) is 33.3 Å². The van der Waals surface area contributed by atoms with Crippen molar-refractivity contribution in [1.82, 2.24) is 4.90 Å². The van der Waals surface area contributed by atoms with Crippen LogP contribution in [-0.4, -0.2) is 24.0 Å². The van der Waals surface area contributed by atoms with Crippen molar-refractivity contribution in [3.63, 3.8) is 0 Å². The molecular formula is C11H15BrCl2N2. The molecule has 1 atom stereocenters. The van der Waals surface area contributed by atoms with E-state index in [1.807, 2.05) is 12.1 Å². The summed E-state index contributed by atoms with van der Waals surface area (Å²) in [6.07, 6.45) is 1.10. The zero-order valence-corrected chi connectivity index (χ0v) is 12.0. The molecule has 1 heterocycles. The Balaban J connectivity index is 0.00000128. The van der Waals surface area contributed by atoms with Gasteiger partial charge in [0.2, 0.25) is 0 Å². The number of nitrogens with zero attached hydrogens (tertiary/aromatic N) is 1. The van der Waals surface area contributed by atoms with E-state index >= 15 is 0 Å². The topological polar surface area (TPSA) is 29.3 Å². The van der Waals surface area contributed by atoms with Crippen LogP contribution >= 0.6 is 39.9 Å². The fourth-order valence-electron chi connectivity index (χ4n) is 1.90. The van der Waals surface area contributed by atoms with Gasteiger partial charge in [0.1, 0.15) is 0 Å². The quantitative estimate of drug-likeness (QED) is 0.905. The second-order valence-electron chi connectivity index (χ2n) is 4.03. The smallest absolute Gasteiger partial charge is 0.0551 e. The van der Waals surface area contributed by atoms with Gasteiger partial charge < -0.3 is 5.73 Å². The van der Waals surface area contributed by atoms with Crippen molar-refractivity contribution in [2.75, 3.05) is 13.1 Å². The average molecular weight is 326 g/mol. The number of benzene rings is 1. The number of likely N-dealkylation sites (tertiary alicyclic amines) is 1. The third kappa shape index (κ3) is 3.60.